The van der Waals surface area contributed by atoms with Crippen LogP contribution >= 0.6 is 0 Å². The van der Waals surface area contributed by atoms with Gasteiger partial charge in [0, 0.05) is 49.4 Å². The largest absolute Gasteiger partial charge is 0.309 e. The van der Waals surface area contributed by atoms with E-state index < -0.39 is 0 Å². The molecule has 3 heteroatoms. The van der Waals surface area contributed by atoms with Gasteiger partial charge in [0.1, 0.15) is 0 Å². The molecule has 0 atom stereocenters. The first-order chi connectivity index (χ1) is 25.3. The van der Waals surface area contributed by atoms with Crippen molar-refractivity contribution >= 4 is 65.4 Å². The highest BCUT2D eigenvalue weighted by atomic mass is 15.0. The highest BCUT2D eigenvalue weighted by Crippen LogP contribution is 2.43. The van der Waals surface area contributed by atoms with E-state index in [0.29, 0.717) is 0 Å². The summed E-state index contributed by atoms with van der Waals surface area (Å²) in [6.45, 7) is 0. The molecule has 0 aliphatic carbocycles. The molecule has 0 radical (unpaired) electrons. The van der Waals surface area contributed by atoms with Crippen LogP contribution in [-0.2, 0) is 0 Å². The van der Waals surface area contributed by atoms with Crippen LogP contribution in [0, 0.1) is 0 Å². The van der Waals surface area contributed by atoms with Crippen LogP contribution in [0.1, 0.15) is 0 Å². The minimum Gasteiger partial charge on any atom is -0.309 e. The van der Waals surface area contributed by atoms with Gasteiger partial charge in [-0.2, -0.15) is 0 Å². The molecule has 11 aromatic rings. The Bertz CT molecular complexity index is 3070. The van der Waals surface area contributed by atoms with Gasteiger partial charge in [-0.3, -0.25) is 0 Å². The molecule has 0 aliphatic heterocycles. The number of para-hydroxylation sites is 5. The molecule has 0 fully saturated rings. The molecule has 0 saturated heterocycles. The van der Waals surface area contributed by atoms with Crippen molar-refractivity contribution in [2.75, 3.05) is 0 Å². The molecule has 3 nitrogen and oxygen atoms in total. The lowest BCUT2D eigenvalue weighted by atomic mass is 10.0. The van der Waals surface area contributed by atoms with Gasteiger partial charge in [-0.25, -0.2) is 0 Å². The topological polar surface area (TPSA) is 14.8 Å². The van der Waals surface area contributed by atoms with Gasteiger partial charge in [0.25, 0.3) is 0 Å². The Morgan fingerprint density at radius 1 is 0.255 bits per heavy atom. The third-order valence-electron chi connectivity index (χ3n) is 10.6. The molecule has 3 heterocycles. The van der Waals surface area contributed by atoms with E-state index in [9.17, 15) is 0 Å². The molecule has 3 aromatic heterocycles. The summed E-state index contributed by atoms with van der Waals surface area (Å²) in [7, 11) is 0. The first kappa shape index (κ1) is 28.0. The summed E-state index contributed by atoms with van der Waals surface area (Å²) in [5, 5.41) is 7.51. The van der Waals surface area contributed by atoms with Crippen molar-refractivity contribution in [1.82, 2.24) is 13.7 Å². The second kappa shape index (κ2) is 10.8. The van der Waals surface area contributed by atoms with Crippen LogP contribution < -0.4 is 0 Å². The maximum absolute atomic E-state index is 2.51. The van der Waals surface area contributed by atoms with Gasteiger partial charge in [0.15, 0.2) is 0 Å². The third-order valence-corrected chi connectivity index (χ3v) is 10.6. The molecule has 8 aromatic carbocycles. The Balaban J connectivity index is 1.31. The number of hydrogen-bond acceptors (Lipinski definition) is 0. The summed E-state index contributed by atoms with van der Waals surface area (Å²) in [5.41, 5.74) is 13.0. The minimum absolute atomic E-state index is 1.13. The third kappa shape index (κ3) is 4.06. The normalized spacial score (nSPS) is 11.9. The van der Waals surface area contributed by atoms with Crippen LogP contribution in [0.15, 0.2) is 188 Å². The van der Waals surface area contributed by atoms with Crippen molar-refractivity contribution in [3.05, 3.63) is 188 Å². The van der Waals surface area contributed by atoms with Crippen LogP contribution in [0.5, 0.6) is 0 Å². The lowest BCUT2D eigenvalue weighted by Gasteiger charge is -2.16. The summed E-state index contributed by atoms with van der Waals surface area (Å²) in [6, 6.07) is 68.5. The average Bonchev–Trinajstić information content (AvgIpc) is 3.84. The van der Waals surface area contributed by atoms with Gasteiger partial charge in [-0.15, -0.1) is 0 Å². The second-order valence-corrected chi connectivity index (χ2v) is 13.4. The Labute approximate surface area is 294 Å². The molecular formula is C48H31N3. The Morgan fingerprint density at radius 3 is 1.33 bits per heavy atom. The van der Waals surface area contributed by atoms with E-state index in [4.69, 9.17) is 0 Å². The summed E-state index contributed by atoms with van der Waals surface area (Å²) in [6.07, 6.45) is 0. The van der Waals surface area contributed by atoms with Gasteiger partial charge in [-0.05, 0) is 71.8 Å². The highest BCUT2D eigenvalue weighted by Gasteiger charge is 2.22. The number of aromatic nitrogens is 3. The fourth-order valence-corrected chi connectivity index (χ4v) is 8.48. The molecule has 0 aliphatic rings. The van der Waals surface area contributed by atoms with Gasteiger partial charge >= 0.3 is 0 Å². The van der Waals surface area contributed by atoms with Crippen LogP contribution in [0.25, 0.3) is 93.6 Å². The molecule has 0 spiro atoms. The molecule has 0 saturated carbocycles. The SMILES string of the molecule is c1ccc(-c2cc(-n3c4ccccc4c4ccccc43)cc(-n3c4ccccc4c4ccc5c(c6ccccc6n5-c5ccccc5)c43)c2)cc1. The fraction of sp³-hybridized carbons (Fsp3) is 0. The summed E-state index contributed by atoms with van der Waals surface area (Å²) in [4.78, 5) is 0. The maximum atomic E-state index is 2.51. The van der Waals surface area contributed by atoms with Crippen molar-refractivity contribution in [3.63, 3.8) is 0 Å². The van der Waals surface area contributed by atoms with Crippen LogP contribution in [0.3, 0.4) is 0 Å². The molecule has 51 heavy (non-hydrogen) atoms. The first-order valence-corrected chi connectivity index (χ1v) is 17.5. The minimum atomic E-state index is 1.13. The Kier molecular flexibility index (Phi) is 5.96. The predicted molar refractivity (Wildman–Crippen MR) is 215 cm³/mol. The maximum Gasteiger partial charge on any atom is 0.0641 e. The second-order valence-electron chi connectivity index (χ2n) is 13.4. The van der Waals surface area contributed by atoms with Crippen molar-refractivity contribution < 1.29 is 0 Å². The van der Waals surface area contributed by atoms with Crippen molar-refractivity contribution in [2.45, 2.75) is 0 Å². The fourth-order valence-electron chi connectivity index (χ4n) is 8.48. The number of nitrogens with zero attached hydrogens (tertiary/aromatic N) is 3. The van der Waals surface area contributed by atoms with E-state index in [-0.39, 0.29) is 0 Å². The number of rotatable bonds is 4. The van der Waals surface area contributed by atoms with Gasteiger partial charge in [0.05, 0.1) is 33.1 Å². The van der Waals surface area contributed by atoms with E-state index in [1.165, 1.54) is 76.5 Å². The number of fused-ring (bicyclic) bond motifs is 10. The predicted octanol–water partition coefficient (Wildman–Crippen LogP) is 12.6. The van der Waals surface area contributed by atoms with E-state index in [0.717, 1.165) is 17.1 Å². The average molecular weight is 650 g/mol. The van der Waals surface area contributed by atoms with Crippen LogP contribution in [0.4, 0.5) is 0 Å². The number of hydrogen-bond donors (Lipinski definition) is 0. The van der Waals surface area contributed by atoms with E-state index in [1.807, 2.05) is 0 Å². The summed E-state index contributed by atoms with van der Waals surface area (Å²) in [5.74, 6) is 0. The van der Waals surface area contributed by atoms with Gasteiger partial charge in [0.2, 0.25) is 0 Å². The lowest BCUT2D eigenvalue weighted by molar-refractivity contribution is 1.14. The van der Waals surface area contributed by atoms with Crippen molar-refractivity contribution in [3.8, 4) is 28.2 Å². The summed E-state index contributed by atoms with van der Waals surface area (Å²) < 4.78 is 7.36. The molecule has 0 amide bonds. The Hall–Kier alpha value is -6.84. The van der Waals surface area contributed by atoms with Crippen molar-refractivity contribution in [2.24, 2.45) is 0 Å². The number of benzene rings is 8. The summed E-state index contributed by atoms with van der Waals surface area (Å²) >= 11 is 0. The monoisotopic (exact) mass is 649 g/mol. The molecule has 0 bridgehead atoms. The van der Waals surface area contributed by atoms with Gasteiger partial charge < -0.3 is 13.7 Å². The molecular weight excluding hydrogens is 619 g/mol. The zero-order valence-corrected chi connectivity index (χ0v) is 27.7. The van der Waals surface area contributed by atoms with Crippen molar-refractivity contribution in [1.29, 1.82) is 0 Å². The molecule has 238 valence electrons. The zero-order chi connectivity index (χ0) is 33.5. The Morgan fingerprint density at radius 2 is 0.706 bits per heavy atom. The van der Waals surface area contributed by atoms with E-state index in [2.05, 4.69) is 202 Å². The highest BCUT2D eigenvalue weighted by molar-refractivity contribution is 6.26. The standard InChI is InChI=1S/C48H31N3/c1-3-15-32(16-4-1)33-29-35(50-42-23-11-7-19-37(42)38-20-8-12-24-43(38)50)31-36(30-33)51-44-25-13-9-21-39(44)40-27-28-46-47(48(40)51)41-22-10-14-26-45(41)49(46)34-17-5-2-6-18-34/h1-31H. The lowest BCUT2D eigenvalue weighted by Crippen LogP contribution is -2.00. The van der Waals surface area contributed by atoms with E-state index >= 15 is 0 Å². The zero-order valence-electron chi connectivity index (χ0n) is 27.7. The van der Waals surface area contributed by atoms with Crippen LogP contribution in [-0.4, -0.2) is 13.7 Å². The van der Waals surface area contributed by atoms with E-state index in [1.54, 1.807) is 0 Å². The molecule has 0 unspecified atom stereocenters. The van der Waals surface area contributed by atoms with Gasteiger partial charge in [-0.1, -0.05) is 127 Å². The smallest absolute Gasteiger partial charge is 0.0641 e. The first-order valence-electron chi connectivity index (χ1n) is 17.5. The molecule has 0 N–H and O–H groups in total. The quantitative estimate of drug-likeness (QED) is 0.180. The van der Waals surface area contributed by atoms with Crippen LogP contribution in [0.2, 0.25) is 0 Å². The molecule has 11 rings (SSSR count).